The van der Waals surface area contributed by atoms with Crippen LogP contribution in [-0.2, 0) is 17.6 Å². The number of carbonyl (C=O) groups excluding carboxylic acids is 1. The number of amides is 1. The number of benzene rings is 2. The molecule has 0 unspecified atom stereocenters. The van der Waals surface area contributed by atoms with E-state index in [0.29, 0.717) is 24.1 Å². The number of rotatable bonds is 4. The summed E-state index contributed by atoms with van der Waals surface area (Å²) in [6.07, 6.45) is 1.01. The highest BCUT2D eigenvalue weighted by Crippen LogP contribution is 2.30. The summed E-state index contributed by atoms with van der Waals surface area (Å²) in [6, 6.07) is 11.7. The third-order valence-corrected chi connectivity index (χ3v) is 6.44. The first kappa shape index (κ1) is 22.4. The smallest absolute Gasteiger partial charge is 0.228 e. The van der Waals surface area contributed by atoms with Crippen molar-refractivity contribution in [1.29, 1.82) is 0 Å². The van der Waals surface area contributed by atoms with Crippen LogP contribution >= 0.6 is 23.9 Å². The highest BCUT2D eigenvalue weighted by Gasteiger charge is 2.22. The van der Waals surface area contributed by atoms with Crippen molar-refractivity contribution in [3.8, 4) is 0 Å². The monoisotopic (exact) mass is 450 g/mol. The van der Waals surface area contributed by atoms with Crippen molar-refractivity contribution < 1.29 is 14.7 Å². The second-order valence-corrected chi connectivity index (χ2v) is 8.21. The number of anilines is 2. The van der Waals surface area contributed by atoms with Gasteiger partial charge in [-0.3, -0.25) is 9.69 Å². The van der Waals surface area contributed by atoms with Gasteiger partial charge in [-0.05, 0) is 47.3 Å². The molecule has 0 spiro atoms. The van der Waals surface area contributed by atoms with Gasteiger partial charge in [-0.1, -0.05) is 18.2 Å². The van der Waals surface area contributed by atoms with Gasteiger partial charge in [0, 0.05) is 43.8 Å². The van der Waals surface area contributed by atoms with E-state index in [1.54, 1.807) is 11.5 Å². The summed E-state index contributed by atoms with van der Waals surface area (Å²) in [7, 11) is 0. The Balaban J connectivity index is 0.00000128. The summed E-state index contributed by atoms with van der Waals surface area (Å²) in [6.45, 7) is 4.57. The number of aromatic nitrogens is 1. The number of nitrogens with one attached hydrogen (secondary N) is 1. The van der Waals surface area contributed by atoms with E-state index in [-0.39, 0.29) is 29.6 Å². The first-order valence-electron chi connectivity index (χ1n) is 9.60. The van der Waals surface area contributed by atoms with Crippen LogP contribution in [0.5, 0.6) is 0 Å². The highest BCUT2D eigenvalue weighted by molar-refractivity contribution is 7.13. The van der Waals surface area contributed by atoms with Gasteiger partial charge in [0.1, 0.15) is 11.6 Å². The van der Waals surface area contributed by atoms with Gasteiger partial charge in [-0.15, -0.1) is 12.4 Å². The number of carbonyl (C=O) groups is 1. The van der Waals surface area contributed by atoms with Crippen molar-refractivity contribution >= 4 is 51.4 Å². The lowest BCUT2D eigenvalue weighted by molar-refractivity contribution is -0.115. The number of nitrogens with zero attached hydrogens (tertiary/aromatic N) is 3. The van der Waals surface area contributed by atoms with Gasteiger partial charge >= 0.3 is 0 Å². The van der Waals surface area contributed by atoms with Crippen LogP contribution < -0.4 is 10.2 Å². The number of halogens is 2. The van der Waals surface area contributed by atoms with Crippen molar-refractivity contribution in [2.45, 2.75) is 12.8 Å². The van der Waals surface area contributed by atoms with Gasteiger partial charge in [-0.25, -0.2) is 4.39 Å². The number of piperazine rings is 1. The molecule has 0 saturated carbocycles. The minimum absolute atomic E-state index is 0. The van der Waals surface area contributed by atoms with Crippen molar-refractivity contribution in [1.82, 2.24) is 9.27 Å². The van der Waals surface area contributed by atoms with Crippen LogP contribution in [0.15, 0.2) is 36.4 Å². The average Bonchev–Trinajstić information content (AvgIpc) is 3.29. The summed E-state index contributed by atoms with van der Waals surface area (Å²) >= 11 is 1.55. The Bertz CT molecular complexity index is 1050. The van der Waals surface area contributed by atoms with Gasteiger partial charge in [0.05, 0.1) is 11.1 Å². The topological polar surface area (TPSA) is 80.0 Å². The molecule has 5 rings (SSSR count). The maximum absolute atomic E-state index is 14.3. The van der Waals surface area contributed by atoms with E-state index in [9.17, 15) is 9.18 Å². The molecule has 0 radical (unpaired) electrons. The van der Waals surface area contributed by atoms with Gasteiger partial charge in [0.25, 0.3) is 0 Å². The normalized spacial score (nSPS) is 16.0. The molecule has 2 aliphatic heterocycles. The van der Waals surface area contributed by atoms with Crippen LogP contribution in [0.2, 0.25) is 0 Å². The molecule has 1 amide bonds. The first-order chi connectivity index (χ1) is 13.7. The molecule has 0 aliphatic carbocycles. The predicted octanol–water partition coefficient (Wildman–Crippen LogP) is 2.89. The zero-order chi connectivity index (χ0) is 19.1. The van der Waals surface area contributed by atoms with Crippen LogP contribution in [0.1, 0.15) is 11.1 Å². The van der Waals surface area contributed by atoms with E-state index in [2.05, 4.69) is 37.7 Å². The molecular weight excluding hydrogens is 427 g/mol. The zero-order valence-electron chi connectivity index (χ0n) is 16.4. The van der Waals surface area contributed by atoms with E-state index in [1.807, 2.05) is 12.1 Å². The van der Waals surface area contributed by atoms with E-state index in [4.69, 9.17) is 0 Å². The van der Waals surface area contributed by atoms with Gasteiger partial charge < -0.3 is 15.7 Å². The summed E-state index contributed by atoms with van der Waals surface area (Å²) in [4.78, 5) is 16.2. The molecular formula is C21H24ClFN4O2S. The van der Waals surface area contributed by atoms with Crippen molar-refractivity contribution in [2.75, 3.05) is 42.9 Å². The summed E-state index contributed by atoms with van der Waals surface area (Å²) in [5.41, 5.74) is 2.22. The lowest BCUT2D eigenvalue weighted by atomic mass is 10.0. The molecule has 1 fully saturated rings. The second-order valence-electron chi connectivity index (χ2n) is 7.41. The van der Waals surface area contributed by atoms with Crippen LogP contribution in [-0.4, -0.2) is 53.4 Å². The van der Waals surface area contributed by atoms with Gasteiger partial charge in [-0.2, -0.15) is 4.37 Å². The molecule has 9 heteroatoms. The van der Waals surface area contributed by atoms with Crippen molar-refractivity contribution in [3.63, 3.8) is 0 Å². The fourth-order valence-corrected chi connectivity index (χ4v) is 4.85. The molecule has 3 aromatic rings. The summed E-state index contributed by atoms with van der Waals surface area (Å²) in [5, 5.41) is 3.93. The molecule has 2 aliphatic rings. The largest absolute Gasteiger partial charge is 0.412 e. The van der Waals surface area contributed by atoms with E-state index >= 15 is 0 Å². The van der Waals surface area contributed by atoms with Gasteiger partial charge in [0.15, 0.2) is 0 Å². The maximum atomic E-state index is 14.3. The summed E-state index contributed by atoms with van der Waals surface area (Å²) < 4.78 is 20.2. The minimum atomic E-state index is -0.228. The molecule has 3 N–H and O–H groups in total. The Morgan fingerprint density at radius 1 is 1.13 bits per heavy atom. The lowest BCUT2D eigenvalue weighted by Crippen LogP contribution is -2.47. The molecule has 3 heterocycles. The second kappa shape index (κ2) is 9.26. The minimum Gasteiger partial charge on any atom is -0.412 e. The average molecular weight is 451 g/mol. The summed E-state index contributed by atoms with van der Waals surface area (Å²) in [5.74, 6) is 0.799. The van der Waals surface area contributed by atoms with Crippen LogP contribution in [0.25, 0.3) is 10.1 Å². The standard InChI is InChI=1S/C21H21FN4OS.ClH.H2O/c22-17-13-18-15(12-20(27)23-18)11-14(17)5-6-25-7-9-26(10-8-25)21-16-3-1-2-4-19(16)28-24-21;;/h1-4,11,13H,5-10,12H2,(H,23,27);1H;1H2. The Morgan fingerprint density at radius 3 is 2.70 bits per heavy atom. The van der Waals surface area contributed by atoms with Gasteiger partial charge in [0.2, 0.25) is 5.91 Å². The third kappa shape index (κ3) is 4.27. The molecule has 2 aromatic carbocycles. The van der Waals surface area contributed by atoms with E-state index in [0.717, 1.165) is 44.1 Å². The van der Waals surface area contributed by atoms with Crippen molar-refractivity contribution in [2.24, 2.45) is 0 Å². The highest BCUT2D eigenvalue weighted by atomic mass is 35.5. The first-order valence-corrected chi connectivity index (χ1v) is 10.4. The van der Waals surface area contributed by atoms with E-state index < -0.39 is 0 Å². The van der Waals surface area contributed by atoms with Crippen LogP contribution in [0.3, 0.4) is 0 Å². The Morgan fingerprint density at radius 2 is 1.90 bits per heavy atom. The van der Waals surface area contributed by atoms with Crippen LogP contribution in [0, 0.1) is 5.82 Å². The predicted molar refractivity (Wildman–Crippen MR) is 122 cm³/mol. The molecule has 160 valence electrons. The fraction of sp³-hybridized carbons (Fsp3) is 0.333. The number of fused-ring (bicyclic) bond motifs is 2. The Kier molecular flexibility index (Phi) is 6.92. The van der Waals surface area contributed by atoms with Crippen molar-refractivity contribution in [3.05, 3.63) is 53.3 Å². The Hall–Kier alpha value is -2.26. The molecule has 0 atom stereocenters. The molecule has 30 heavy (non-hydrogen) atoms. The molecule has 1 saturated heterocycles. The number of hydrogen-bond acceptors (Lipinski definition) is 5. The lowest BCUT2D eigenvalue weighted by Gasteiger charge is -2.35. The Labute approximate surface area is 184 Å². The molecule has 0 bridgehead atoms. The zero-order valence-corrected chi connectivity index (χ0v) is 18.0. The fourth-order valence-electron chi connectivity index (χ4n) is 4.05. The SMILES string of the molecule is Cl.O.O=C1Cc2cc(CCN3CCN(c4nsc5ccccc45)CC3)c(F)cc2N1. The number of hydrogen-bond donors (Lipinski definition) is 1. The molecule has 6 nitrogen and oxygen atoms in total. The third-order valence-electron chi connectivity index (χ3n) is 5.62. The molecule has 1 aromatic heterocycles. The van der Waals surface area contributed by atoms with Crippen LogP contribution in [0.4, 0.5) is 15.9 Å². The maximum Gasteiger partial charge on any atom is 0.228 e. The van der Waals surface area contributed by atoms with E-state index in [1.165, 1.54) is 16.2 Å². The quantitative estimate of drug-likeness (QED) is 0.662.